The summed E-state index contributed by atoms with van der Waals surface area (Å²) >= 11 is 0. The summed E-state index contributed by atoms with van der Waals surface area (Å²) in [4.78, 5) is 15.0. The smallest absolute Gasteiger partial charge is 0.245 e. The highest BCUT2D eigenvalue weighted by Gasteiger charge is 2.24. The van der Waals surface area contributed by atoms with Crippen molar-refractivity contribution in [2.24, 2.45) is 0 Å². The molecule has 1 N–H and O–H groups in total. The molecule has 1 aliphatic heterocycles. The number of amides is 1. The van der Waals surface area contributed by atoms with Crippen molar-refractivity contribution in [2.75, 3.05) is 40.4 Å². The number of sulfonamides is 1. The van der Waals surface area contributed by atoms with Gasteiger partial charge in [0.1, 0.15) is 6.54 Å². The fraction of sp³-hybridized carbons (Fsp3) is 0.409. The molecule has 1 amide bonds. The quantitative estimate of drug-likeness (QED) is 0.781. The van der Waals surface area contributed by atoms with Gasteiger partial charge in [0.15, 0.2) is 0 Å². The average Bonchev–Trinajstić information content (AvgIpc) is 2.67. The third kappa shape index (κ3) is 5.29. The van der Waals surface area contributed by atoms with Crippen LogP contribution in [0.4, 0.5) is 17.1 Å². The lowest BCUT2D eigenvalue weighted by molar-refractivity contribution is -0.114. The molecule has 0 radical (unpaired) electrons. The Balaban J connectivity index is 1.72. The van der Waals surface area contributed by atoms with Crippen LogP contribution in [-0.4, -0.2) is 40.2 Å². The van der Waals surface area contributed by atoms with Crippen molar-refractivity contribution in [1.82, 2.24) is 0 Å². The van der Waals surface area contributed by atoms with Gasteiger partial charge < -0.3 is 10.2 Å². The largest absolute Gasteiger partial charge is 0.372 e. The Morgan fingerprint density at radius 1 is 1.00 bits per heavy atom. The van der Waals surface area contributed by atoms with Gasteiger partial charge in [0.2, 0.25) is 15.9 Å². The maximum atomic E-state index is 12.6. The van der Waals surface area contributed by atoms with E-state index in [1.165, 1.54) is 23.6 Å². The van der Waals surface area contributed by atoms with Crippen LogP contribution in [0.25, 0.3) is 0 Å². The molecule has 7 heteroatoms. The van der Waals surface area contributed by atoms with Gasteiger partial charge in [0.25, 0.3) is 0 Å². The first-order chi connectivity index (χ1) is 13.8. The van der Waals surface area contributed by atoms with Crippen molar-refractivity contribution >= 4 is 33.0 Å². The minimum atomic E-state index is -3.61. The summed E-state index contributed by atoms with van der Waals surface area (Å²) in [7, 11) is -3.61. The molecule has 0 bridgehead atoms. The molecule has 0 spiro atoms. The zero-order valence-corrected chi connectivity index (χ0v) is 18.1. The first-order valence-corrected chi connectivity index (χ1v) is 11.8. The van der Waals surface area contributed by atoms with Gasteiger partial charge in [-0.05, 0) is 68.5 Å². The predicted molar refractivity (Wildman–Crippen MR) is 119 cm³/mol. The van der Waals surface area contributed by atoms with E-state index < -0.39 is 10.0 Å². The standard InChI is InChI=1S/C22H29N3O3S/c1-17-8-7-9-18(2)22(17)25(29(3,27)28)16-21(26)23-19-10-12-20(13-11-19)24-14-5-4-6-15-24/h7-13H,4-6,14-16H2,1-3H3,(H,23,26). The van der Waals surface area contributed by atoms with Crippen LogP contribution in [0, 0.1) is 13.8 Å². The van der Waals surface area contributed by atoms with Crippen molar-refractivity contribution in [3.8, 4) is 0 Å². The van der Waals surface area contributed by atoms with Crippen LogP contribution in [0.15, 0.2) is 42.5 Å². The molecule has 1 fully saturated rings. The maximum absolute atomic E-state index is 12.6. The number of nitrogens with zero attached hydrogens (tertiary/aromatic N) is 2. The molecule has 0 atom stereocenters. The van der Waals surface area contributed by atoms with Crippen molar-refractivity contribution in [1.29, 1.82) is 0 Å². The van der Waals surface area contributed by atoms with E-state index in [2.05, 4.69) is 10.2 Å². The molecule has 0 unspecified atom stereocenters. The van der Waals surface area contributed by atoms with E-state index >= 15 is 0 Å². The molecule has 0 saturated carbocycles. The average molecular weight is 416 g/mol. The van der Waals surface area contributed by atoms with E-state index in [0.717, 1.165) is 36.2 Å². The summed E-state index contributed by atoms with van der Waals surface area (Å²) in [5.41, 5.74) is 4.00. The van der Waals surface area contributed by atoms with E-state index in [9.17, 15) is 13.2 Å². The zero-order valence-electron chi connectivity index (χ0n) is 17.3. The summed E-state index contributed by atoms with van der Waals surface area (Å²) < 4.78 is 25.9. The fourth-order valence-electron chi connectivity index (χ4n) is 3.80. The maximum Gasteiger partial charge on any atom is 0.245 e. The van der Waals surface area contributed by atoms with E-state index in [4.69, 9.17) is 0 Å². The lowest BCUT2D eigenvalue weighted by Gasteiger charge is -2.29. The molecule has 3 rings (SSSR count). The van der Waals surface area contributed by atoms with Crippen molar-refractivity contribution in [3.05, 3.63) is 53.6 Å². The van der Waals surface area contributed by atoms with Gasteiger partial charge in [0, 0.05) is 24.5 Å². The second-order valence-corrected chi connectivity index (χ2v) is 9.56. The first-order valence-electron chi connectivity index (χ1n) is 9.94. The lowest BCUT2D eigenvalue weighted by atomic mass is 10.1. The third-order valence-corrected chi connectivity index (χ3v) is 6.36. The summed E-state index contributed by atoms with van der Waals surface area (Å²) in [5, 5.41) is 2.82. The molecule has 29 heavy (non-hydrogen) atoms. The van der Waals surface area contributed by atoms with Gasteiger partial charge >= 0.3 is 0 Å². The molecule has 0 aromatic heterocycles. The topological polar surface area (TPSA) is 69.7 Å². The number of aryl methyl sites for hydroxylation is 2. The highest BCUT2D eigenvalue weighted by atomic mass is 32.2. The van der Waals surface area contributed by atoms with Crippen molar-refractivity contribution < 1.29 is 13.2 Å². The highest BCUT2D eigenvalue weighted by Crippen LogP contribution is 2.27. The fourth-order valence-corrected chi connectivity index (χ4v) is 4.77. The number of nitrogens with one attached hydrogen (secondary N) is 1. The number of hydrogen-bond acceptors (Lipinski definition) is 4. The van der Waals surface area contributed by atoms with E-state index in [1.807, 2.05) is 56.3 Å². The number of carbonyl (C=O) groups excluding carboxylic acids is 1. The number of piperidine rings is 1. The Hall–Kier alpha value is -2.54. The molecule has 156 valence electrons. The number of carbonyl (C=O) groups is 1. The van der Waals surface area contributed by atoms with Crippen LogP contribution in [0.5, 0.6) is 0 Å². The van der Waals surface area contributed by atoms with Crippen LogP contribution in [0.1, 0.15) is 30.4 Å². The van der Waals surface area contributed by atoms with Crippen LogP contribution in [-0.2, 0) is 14.8 Å². The van der Waals surface area contributed by atoms with Gasteiger partial charge in [-0.3, -0.25) is 9.10 Å². The number of para-hydroxylation sites is 1. The van der Waals surface area contributed by atoms with Crippen LogP contribution in [0.3, 0.4) is 0 Å². The number of rotatable bonds is 6. The Labute approximate surface area is 173 Å². The number of hydrogen-bond donors (Lipinski definition) is 1. The number of anilines is 3. The summed E-state index contributed by atoms with van der Waals surface area (Å²) in [6, 6.07) is 13.3. The summed E-state index contributed by atoms with van der Waals surface area (Å²) in [6.07, 6.45) is 4.82. The molecule has 1 aliphatic rings. The summed E-state index contributed by atoms with van der Waals surface area (Å²) in [5.74, 6) is -0.371. The molecule has 2 aromatic rings. The van der Waals surface area contributed by atoms with E-state index in [0.29, 0.717) is 11.4 Å². The predicted octanol–water partition coefficient (Wildman–Crippen LogP) is 3.70. The Bertz CT molecular complexity index is 945. The Morgan fingerprint density at radius 2 is 1.59 bits per heavy atom. The Kier molecular flexibility index (Phi) is 6.47. The Morgan fingerprint density at radius 3 is 2.14 bits per heavy atom. The molecule has 0 aliphatic carbocycles. The van der Waals surface area contributed by atoms with Gasteiger partial charge in [-0.1, -0.05) is 18.2 Å². The molecular formula is C22H29N3O3S. The van der Waals surface area contributed by atoms with Crippen LogP contribution in [0.2, 0.25) is 0 Å². The molecule has 1 heterocycles. The van der Waals surface area contributed by atoms with E-state index in [1.54, 1.807) is 0 Å². The van der Waals surface area contributed by atoms with Crippen molar-refractivity contribution in [3.63, 3.8) is 0 Å². The van der Waals surface area contributed by atoms with Gasteiger partial charge in [0.05, 0.1) is 11.9 Å². The minimum Gasteiger partial charge on any atom is -0.372 e. The second-order valence-electron chi connectivity index (χ2n) is 7.65. The molecule has 6 nitrogen and oxygen atoms in total. The molecule has 1 saturated heterocycles. The highest BCUT2D eigenvalue weighted by molar-refractivity contribution is 7.92. The first kappa shape index (κ1) is 21.2. The van der Waals surface area contributed by atoms with Gasteiger partial charge in [-0.15, -0.1) is 0 Å². The molecular weight excluding hydrogens is 386 g/mol. The second kappa shape index (κ2) is 8.86. The SMILES string of the molecule is Cc1cccc(C)c1N(CC(=O)Nc1ccc(N2CCCCC2)cc1)S(C)(=O)=O. The van der Waals surface area contributed by atoms with Gasteiger partial charge in [-0.2, -0.15) is 0 Å². The van der Waals surface area contributed by atoms with Crippen molar-refractivity contribution in [2.45, 2.75) is 33.1 Å². The van der Waals surface area contributed by atoms with E-state index in [-0.39, 0.29) is 12.5 Å². The number of benzene rings is 2. The molecule has 2 aromatic carbocycles. The normalized spacial score (nSPS) is 14.5. The summed E-state index contributed by atoms with van der Waals surface area (Å²) in [6.45, 7) is 5.55. The lowest BCUT2D eigenvalue weighted by Crippen LogP contribution is -2.38. The third-order valence-electron chi connectivity index (χ3n) is 5.25. The van der Waals surface area contributed by atoms with Gasteiger partial charge in [-0.25, -0.2) is 8.42 Å². The zero-order chi connectivity index (χ0) is 21.0. The minimum absolute atomic E-state index is 0.265. The van der Waals surface area contributed by atoms with Crippen LogP contribution < -0.4 is 14.5 Å². The van der Waals surface area contributed by atoms with Crippen LogP contribution >= 0.6 is 0 Å². The monoisotopic (exact) mass is 415 g/mol.